The van der Waals surface area contributed by atoms with Crippen molar-refractivity contribution in [1.82, 2.24) is 10.2 Å². The molecule has 2 heterocycles. The van der Waals surface area contributed by atoms with Crippen LogP contribution in [0.4, 0.5) is 0 Å². The lowest BCUT2D eigenvalue weighted by Crippen LogP contribution is -2.63. The Balaban J connectivity index is 1.74. The SMILES string of the molecule is c1ccc(CN2[C@H]3CNC[C@H]2COC3)cc1. The Labute approximate surface area is 96.4 Å². The lowest BCUT2D eigenvalue weighted by atomic mass is 10.0. The number of benzene rings is 1. The van der Waals surface area contributed by atoms with Crippen molar-refractivity contribution in [2.75, 3.05) is 26.3 Å². The summed E-state index contributed by atoms with van der Waals surface area (Å²) in [5, 5.41) is 3.48. The van der Waals surface area contributed by atoms with Crippen LogP contribution in [0.3, 0.4) is 0 Å². The van der Waals surface area contributed by atoms with E-state index in [0.29, 0.717) is 12.1 Å². The van der Waals surface area contributed by atoms with Gasteiger partial charge in [0.25, 0.3) is 0 Å². The molecule has 0 radical (unpaired) electrons. The Hall–Kier alpha value is -0.900. The molecule has 2 fully saturated rings. The topological polar surface area (TPSA) is 24.5 Å². The highest BCUT2D eigenvalue weighted by molar-refractivity contribution is 5.15. The van der Waals surface area contributed by atoms with Crippen molar-refractivity contribution in [1.29, 1.82) is 0 Å². The smallest absolute Gasteiger partial charge is 0.0635 e. The summed E-state index contributed by atoms with van der Waals surface area (Å²) in [7, 11) is 0. The van der Waals surface area contributed by atoms with Crippen molar-refractivity contribution in [2.45, 2.75) is 18.6 Å². The number of piperazine rings is 1. The molecule has 3 nitrogen and oxygen atoms in total. The molecule has 3 rings (SSSR count). The van der Waals surface area contributed by atoms with E-state index in [-0.39, 0.29) is 0 Å². The van der Waals surface area contributed by atoms with Crippen LogP contribution in [-0.4, -0.2) is 43.3 Å². The van der Waals surface area contributed by atoms with Gasteiger partial charge in [-0.15, -0.1) is 0 Å². The summed E-state index contributed by atoms with van der Waals surface area (Å²) >= 11 is 0. The Bertz CT molecular complexity index is 319. The van der Waals surface area contributed by atoms with Gasteiger partial charge in [-0.3, -0.25) is 4.90 Å². The zero-order chi connectivity index (χ0) is 10.8. The quantitative estimate of drug-likeness (QED) is 0.797. The molecule has 2 aliphatic heterocycles. The van der Waals surface area contributed by atoms with Crippen LogP contribution in [0.1, 0.15) is 5.56 Å². The number of ether oxygens (including phenoxy) is 1. The van der Waals surface area contributed by atoms with Gasteiger partial charge in [-0.05, 0) is 5.56 Å². The molecule has 0 spiro atoms. The van der Waals surface area contributed by atoms with E-state index >= 15 is 0 Å². The summed E-state index contributed by atoms with van der Waals surface area (Å²) < 4.78 is 5.62. The standard InChI is InChI=1S/C13H18N2O/c1-2-4-11(5-3-1)8-15-12-6-14-7-13(15)10-16-9-12/h1-5,12-14H,6-10H2/t12-,13-/m0/s1. The lowest BCUT2D eigenvalue weighted by molar-refractivity contribution is -0.0689. The molecule has 1 aromatic rings. The average Bonchev–Trinajstić information content (AvgIpc) is 2.30. The van der Waals surface area contributed by atoms with Crippen LogP contribution in [0, 0.1) is 0 Å². The summed E-state index contributed by atoms with van der Waals surface area (Å²) in [6, 6.07) is 11.8. The molecule has 2 saturated heterocycles. The zero-order valence-corrected chi connectivity index (χ0v) is 9.43. The van der Waals surface area contributed by atoms with Gasteiger partial charge in [0.1, 0.15) is 0 Å². The molecule has 3 heteroatoms. The molecule has 0 aliphatic carbocycles. The van der Waals surface area contributed by atoms with Crippen molar-refractivity contribution in [3.8, 4) is 0 Å². The third-order valence-corrected chi connectivity index (χ3v) is 3.53. The van der Waals surface area contributed by atoms with E-state index in [4.69, 9.17) is 4.74 Å². The minimum atomic E-state index is 0.549. The number of nitrogens with zero attached hydrogens (tertiary/aromatic N) is 1. The molecule has 1 N–H and O–H groups in total. The van der Waals surface area contributed by atoms with Gasteiger partial charge in [-0.25, -0.2) is 0 Å². The first kappa shape index (κ1) is 10.3. The van der Waals surface area contributed by atoms with Crippen molar-refractivity contribution in [3.63, 3.8) is 0 Å². The second-order valence-corrected chi connectivity index (χ2v) is 4.66. The van der Waals surface area contributed by atoms with Crippen LogP contribution in [0.25, 0.3) is 0 Å². The Kier molecular flexibility index (Phi) is 2.91. The fraction of sp³-hybridized carbons (Fsp3) is 0.538. The number of fused-ring (bicyclic) bond motifs is 2. The van der Waals surface area contributed by atoms with Gasteiger partial charge in [0.2, 0.25) is 0 Å². The monoisotopic (exact) mass is 218 g/mol. The van der Waals surface area contributed by atoms with Crippen molar-refractivity contribution in [2.24, 2.45) is 0 Å². The van der Waals surface area contributed by atoms with Crippen molar-refractivity contribution < 1.29 is 4.74 Å². The van der Waals surface area contributed by atoms with E-state index in [1.54, 1.807) is 0 Å². The van der Waals surface area contributed by atoms with E-state index in [0.717, 1.165) is 32.8 Å². The van der Waals surface area contributed by atoms with Gasteiger partial charge in [-0.2, -0.15) is 0 Å². The number of hydrogen-bond acceptors (Lipinski definition) is 3. The number of hydrogen-bond donors (Lipinski definition) is 1. The first-order valence-electron chi connectivity index (χ1n) is 6.01. The van der Waals surface area contributed by atoms with Crippen LogP contribution in [0.15, 0.2) is 30.3 Å². The molecule has 1 aromatic carbocycles. The van der Waals surface area contributed by atoms with E-state index < -0.39 is 0 Å². The Morgan fingerprint density at radius 1 is 1.12 bits per heavy atom. The summed E-state index contributed by atoms with van der Waals surface area (Å²) in [6.45, 7) is 4.92. The molecule has 86 valence electrons. The van der Waals surface area contributed by atoms with Crippen LogP contribution in [0.2, 0.25) is 0 Å². The zero-order valence-electron chi connectivity index (χ0n) is 9.43. The number of rotatable bonds is 2. The molecule has 2 atom stereocenters. The molecule has 0 amide bonds. The van der Waals surface area contributed by atoms with E-state index in [9.17, 15) is 0 Å². The highest BCUT2D eigenvalue weighted by Gasteiger charge is 2.34. The van der Waals surface area contributed by atoms with Crippen LogP contribution in [-0.2, 0) is 11.3 Å². The first-order valence-corrected chi connectivity index (χ1v) is 6.01. The highest BCUT2D eigenvalue weighted by Crippen LogP contribution is 2.19. The molecule has 0 aromatic heterocycles. The van der Waals surface area contributed by atoms with E-state index in [1.165, 1.54) is 5.56 Å². The van der Waals surface area contributed by atoms with Gasteiger partial charge in [0.05, 0.1) is 13.2 Å². The fourth-order valence-electron chi connectivity index (χ4n) is 2.65. The highest BCUT2D eigenvalue weighted by atomic mass is 16.5. The number of nitrogens with one attached hydrogen (secondary N) is 1. The second kappa shape index (κ2) is 4.53. The molecule has 2 bridgehead atoms. The Morgan fingerprint density at radius 2 is 1.81 bits per heavy atom. The van der Waals surface area contributed by atoms with Gasteiger partial charge < -0.3 is 10.1 Å². The van der Waals surface area contributed by atoms with Gasteiger partial charge >= 0.3 is 0 Å². The summed E-state index contributed by atoms with van der Waals surface area (Å²) in [5.41, 5.74) is 1.40. The summed E-state index contributed by atoms with van der Waals surface area (Å²) in [6.07, 6.45) is 0. The van der Waals surface area contributed by atoms with Gasteiger partial charge in [0, 0.05) is 31.7 Å². The van der Waals surface area contributed by atoms with E-state index in [1.807, 2.05) is 0 Å². The fourth-order valence-corrected chi connectivity index (χ4v) is 2.65. The molecular formula is C13H18N2O. The predicted molar refractivity (Wildman–Crippen MR) is 63.2 cm³/mol. The molecular weight excluding hydrogens is 200 g/mol. The Morgan fingerprint density at radius 3 is 2.50 bits per heavy atom. The molecule has 16 heavy (non-hydrogen) atoms. The number of morpholine rings is 1. The maximum Gasteiger partial charge on any atom is 0.0635 e. The van der Waals surface area contributed by atoms with Crippen molar-refractivity contribution in [3.05, 3.63) is 35.9 Å². The van der Waals surface area contributed by atoms with Crippen molar-refractivity contribution >= 4 is 0 Å². The maximum absolute atomic E-state index is 5.62. The molecule has 0 saturated carbocycles. The van der Waals surface area contributed by atoms with Gasteiger partial charge in [0.15, 0.2) is 0 Å². The molecule has 2 aliphatic rings. The average molecular weight is 218 g/mol. The minimum Gasteiger partial charge on any atom is -0.378 e. The molecule has 0 unspecified atom stereocenters. The van der Waals surface area contributed by atoms with Gasteiger partial charge in [-0.1, -0.05) is 30.3 Å². The minimum absolute atomic E-state index is 0.549. The first-order chi connectivity index (χ1) is 7.93. The lowest BCUT2D eigenvalue weighted by Gasteiger charge is -2.46. The maximum atomic E-state index is 5.62. The van der Waals surface area contributed by atoms with E-state index in [2.05, 4.69) is 40.5 Å². The second-order valence-electron chi connectivity index (χ2n) is 4.66. The van der Waals surface area contributed by atoms with Crippen LogP contribution in [0.5, 0.6) is 0 Å². The summed E-state index contributed by atoms with van der Waals surface area (Å²) in [5.74, 6) is 0. The predicted octanol–water partition coefficient (Wildman–Crippen LogP) is 0.859. The summed E-state index contributed by atoms with van der Waals surface area (Å²) in [4.78, 5) is 2.59. The van der Waals surface area contributed by atoms with Crippen LogP contribution < -0.4 is 5.32 Å². The third kappa shape index (κ3) is 1.98. The normalized spacial score (nSPS) is 30.2. The largest absolute Gasteiger partial charge is 0.378 e. The van der Waals surface area contributed by atoms with Crippen LogP contribution >= 0.6 is 0 Å². The third-order valence-electron chi connectivity index (χ3n) is 3.53.